The minimum absolute atomic E-state index is 0.00277. The molecule has 1 unspecified atom stereocenters. The van der Waals surface area contributed by atoms with Crippen LogP contribution in [0.4, 0.5) is 5.82 Å². The third-order valence-electron chi connectivity index (χ3n) is 2.12. The first-order valence-electron chi connectivity index (χ1n) is 5.41. The lowest BCUT2D eigenvalue weighted by atomic mass is 9.90. The van der Waals surface area contributed by atoms with E-state index in [9.17, 15) is 4.79 Å². The van der Waals surface area contributed by atoms with Crippen LogP contribution in [0.15, 0.2) is 15.6 Å². The Morgan fingerprint density at radius 3 is 2.82 bits per heavy atom. The summed E-state index contributed by atoms with van der Waals surface area (Å²) in [4.78, 5) is 17.8. The Balaban J connectivity index is 2.56. The molecule has 0 spiro atoms. The SMILES string of the molecule is CC(C)(C)CC(Cl)CNc1nc[nH]c(=O)c1Br. The van der Waals surface area contributed by atoms with Crippen LogP contribution in [0.25, 0.3) is 0 Å². The second-order valence-electron chi connectivity index (χ2n) is 5.14. The monoisotopic (exact) mass is 321 g/mol. The molecule has 0 fully saturated rings. The first-order chi connectivity index (χ1) is 7.79. The fraction of sp³-hybridized carbons (Fsp3) is 0.636. The molecular weight excluding hydrogens is 305 g/mol. The minimum Gasteiger partial charge on any atom is -0.367 e. The third kappa shape index (κ3) is 5.08. The number of H-pyrrole nitrogens is 1. The summed E-state index contributed by atoms with van der Waals surface area (Å²) in [6, 6.07) is 0. The molecular formula is C11H17BrClN3O. The summed E-state index contributed by atoms with van der Waals surface area (Å²) in [5.74, 6) is 0.522. The van der Waals surface area contributed by atoms with E-state index in [0.717, 1.165) is 6.42 Å². The maximum Gasteiger partial charge on any atom is 0.267 e. The fourth-order valence-corrected chi connectivity index (χ4v) is 2.35. The molecule has 0 aliphatic carbocycles. The maximum atomic E-state index is 11.3. The molecule has 4 nitrogen and oxygen atoms in total. The third-order valence-corrected chi connectivity index (χ3v) is 3.17. The van der Waals surface area contributed by atoms with Crippen molar-refractivity contribution in [3.63, 3.8) is 0 Å². The van der Waals surface area contributed by atoms with E-state index in [-0.39, 0.29) is 16.4 Å². The lowest BCUT2D eigenvalue weighted by molar-refractivity contribution is 0.373. The molecule has 1 aromatic heterocycles. The topological polar surface area (TPSA) is 57.8 Å². The van der Waals surface area contributed by atoms with Gasteiger partial charge in [0.05, 0.1) is 11.7 Å². The number of anilines is 1. The number of rotatable bonds is 4. The largest absolute Gasteiger partial charge is 0.367 e. The van der Waals surface area contributed by atoms with Crippen LogP contribution in [0.5, 0.6) is 0 Å². The molecule has 1 heterocycles. The van der Waals surface area contributed by atoms with Crippen molar-refractivity contribution in [3.05, 3.63) is 21.2 Å². The molecule has 1 aromatic rings. The summed E-state index contributed by atoms with van der Waals surface area (Å²) >= 11 is 9.40. The summed E-state index contributed by atoms with van der Waals surface area (Å²) in [6.45, 7) is 7.01. The van der Waals surface area contributed by atoms with Gasteiger partial charge < -0.3 is 10.3 Å². The molecule has 0 aliphatic heterocycles. The second kappa shape index (κ2) is 5.87. The van der Waals surface area contributed by atoms with Gasteiger partial charge in [0, 0.05) is 6.54 Å². The summed E-state index contributed by atoms with van der Waals surface area (Å²) in [5.41, 5.74) is -0.0168. The van der Waals surface area contributed by atoms with Gasteiger partial charge >= 0.3 is 0 Å². The van der Waals surface area contributed by atoms with Crippen molar-refractivity contribution in [3.8, 4) is 0 Å². The first-order valence-corrected chi connectivity index (χ1v) is 6.63. The van der Waals surface area contributed by atoms with Gasteiger partial charge in [0.1, 0.15) is 10.3 Å². The molecule has 0 saturated carbocycles. The van der Waals surface area contributed by atoms with E-state index in [1.54, 1.807) is 0 Å². The van der Waals surface area contributed by atoms with Gasteiger partial charge in [-0.05, 0) is 27.8 Å². The highest BCUT2D eigenvalue weighted by Crippen LogP contribution is 2.24. The van der Waals surface area contributed by atoms with Gasteiger partial charge in [-0.3, -0.25) is 4.79 Å². The highest BCUT2D eigenvalue weighted by molar-refractivity contribution is 9.10. The minimum atomic E-state index is -0.204. The van der Waals surface area contributed by atoms with Crippen LogP contribution < -0.4 is 10.9 Å². The smallest absolute Gasteiger partial charge is 0.267 e. The lowest BCUT2D eigenvalue weighted by Gasteiger charge is -2.22. The zero-order chi connectivity index (χ0) is 13.1. The van der Waals surface area contributed by atoms with Crippen LogP contribution in [0.1, 0.15) is 27.2 Å². The molecule has 0 saturated heterocycles. The quantitative estimate of drug-likeness (QED) is 0.838. The lowest BCUT2D eigenvalue weighted by Crippen LogP contribution is -2.22. The highest BCUT2D eigenvalue weighted by Gasteiger charge is 2.17. The van der Waals surface area contributed by atoms with Crippen molar-refractivity contribution >= 4 is 33.3 Å². The van der Waals surface area contributed by atoms with Crippen molar-refractivity contribution in [1.82, 2.24) is 9.97 Å². The molecule has 2 N–H and O–H groups in total. The zero-order valence-electron chi connectivity index (χ0n) is 10.2. The molecule has 1 atom stereocenters. The molecule has 0 amide bonds. The fourth-order valence-electron chi connectivity index (χ4n) is 1.45. The normalized spacial score (nSPS) is 13.5. The van der Waals surface area contributed by atoms with E-state index in [4.69, 9.17) is 11.6 Å². The maximum absolute atomic E-state index is 11.3. The number of nitrogens with zero attached hydrogens (tertiary/aromatic N) is 1. The van der Waals surface area contributed by atoms with E-state index >= 15 is 0 Å². The molecule has 0 bridgehead atoms. The Kier molecular flexibility index (Phi) is 5.01. The van der Waals surface area contributed by atoms with Crippen molar-refractivity contribution in [2.75, 3.05) is 11.9 Å². The average Bonchev–Trinajstić information content (AvgIpc) is 2.18. The van der Waals surface area contributed by atoms with Crippen LogP contribution in [-0.2, 0) is 0 Å². The summed E-state index contributed by atoms with van der Waals surface area (Å²) < 4.78 is 0.402. The van der Waals surface area contributed by atoms with E-state index < -0.39 is 0 Å². The van der Waals surface area contributed by atoms with Gasteiger partial charge in [0.15, 0.2) is 0 Å². The molecule has 96 valence electrons. The Hall–Kier alpha value is -0.550. The molecule has 0 aromatic carbocycles. The van der Waals surface area contributed by atoms with E-state index in [2.05, 4.69) is 52.0 Å². The highest BCUT2D eigenvalue weighted by atomic mass is 79.9. The van der Waals surface area contributed by atoms with Gasteiger partial charge in [-0.15, -0.1) is 11.6 Å². The zero-order valence-corrected chi connectivity index (χ0v) is 12.5. The number of hydrogen-bond acceptors (Lipinski definition) is 3. The van der Waals surface area contributed by atoms with E-state index in [1.807, 2.05) is 0 Å². The molecule has 0 aliphatic rings. The second-order valence-corrected chi connectivity index (χ2v) is 6.55. The van der Waals surface area contributed by atoms with Crippen molar-refractivity contribution in [1.29, 1.82) is 0 Å². The van der Waals surface area contributed by atoms with Gasteiger partial charge in [-0.25, -0.2) is 4.98 Å². The van der Waals surface area contributed by atoms with Crippen molar-refractivity contribution in [2.24, 2.45) is 5.41 Å². The van der Waals surface area contributed by atoms with Gasteiger partial charge in [-0.2, -0.15) is 0 Å². The van der Waals surface area contributed by atoms with Gasteiger partial charge in [0.2, 0.25) is 0 Å². The van der Waals surface area contributed by atoms with Crippen LogP contribution in [-0.4, -0.2) is 21.9 Å². The molecule has 1 rings (SSSR count). The van der Waals surface area contributed by atoms with Crippen LogP contribution in [0, 0.1) is 5.41 Å². The molecule has 17 heavy (non-hydrogen) atoms. The van der Waals surface area contributed by atoms with Crippen LogP contribution in [0.3, 0.4) is 0 Å². The standard InChI is InChI=1S/C11H17BrClN3O/c1-11(2,3)4-7(13)5-14-9-8(12)10(17)16-6-15-9/h6-7H,4-5H2,1-3H3,(H2,14,15,16,17). The van der Waals surface area contributed by atoms with Crippen molar-refractivity contribution < 1.29 is 0 Å². The van der Waals surface area contributed by atoms with Crippen molar-refractivity contribution in [2.45, 2.75) is 32.6 Å². The first kappa shape index (κ1) is 14.5. The number of aromatic amines is 1. The molecule has 6 heteroatoms. The molecule has 0 radical (unpaired) electrons. The Bertz CT molecular complexity index is 427. The predicted octanol–water partition coefficient (Wildman–Crippen LogP) is 2.99. The summed E-state index contributed by atoms with van der Waals surface area (Å²) in [5, 5.41) is 3.07. The van der Waals surface area contributed by atoms with Crippen LogP contribution in [0.2, 0.25) is 0 Å². The van der Waals surface area contributed by atoms with Crippen LogP contribution >= 0.6 is 27.5 Å². The van der Waals surface area contributed by atoms with E-state index in [1.165, 1.54) is 6.33 Å². The number of aromatic nitrogens is 2. The Morgan fingerprint density at radius 1 is 1.59 bits per heavy atom. The van der Waals surface area contributed by atoms with E-state index in [0.29, 0.717) is 16.8 Å². The number of hydrogen-bond donors (Lipinski definition) is 2. The predicted molar refractivity (Wildman–Crippen MR) is 74.8 cm³/mol. The summed E-state index contributed by atoms with van der Waals surface area (Å²) in [6.07, 6.45) is 2.25. The van der Waals surface area contributed by atoms with Gasteiger partial charge in [0.25, 0.3) is 5.56 Å². The number of alkyl halides is 1. The van der Waals surface area contributed by atoms with Gasteiger partial charge in [-0.1, -0.05) is 20.8 Å². The Morgan fingerprint density at radius 2 is 2.24 bits per heavy atom. The number of halogens is 2. The summed E-state index contributed by atoms with van der Waals surface area (Å²) in [7, 11) is 0. The number of nitrogens with one attached hydrogen (secondary N) is 2. The Labute approximate surface area is 114 Å². The average molecular weight is 323 g/mol.